The van der Waals surface area contributed by atoms with Crippen molar-refractivity contribution >= 4 is 51.0 Å². The Bertz CT molecular complexity index is 693. The zero-order valence-corrected chi connectivity index (χ0v) is 13.6. The highest BCUT2D eigenvalue weighted by Gasteiger charge is 2.12. The maximum atomic E-state index is 11.9. The third-order valence-corrected chi connectivity index (χ3v) is 4.59. The number of anilines is 2. The smallest absolute Gasteiger partial charge is 0.290 e. The van der Waals surface area contributed by atoms with E-state index in [1.54, 1.807) is 11.6 Å². The average molecular weight is 338 g/mol. The van der Waals surface area contributed by atoms with Crippen LogP contribution in [0.3, 0.4) is 0 Å². The molecule has 2 N–H and O–H groups in total. The van der Waals surface area contributed by atoms with Gasteiger partial charge in [0.1, 0.15) is 0 Å². The maximum Gasteiger partial charge on any atom is 0.290 e. The van der Waals surface area contributed by atoms with Crippen LogP contribution < -0.4 is 10.6 Å². The number of hydrogen-bond donors (Lipinski definition) is 2. The van der Waals surface area contributed by atoms with Crippen LogP contribution in [0.5, 0.6) is 0 Å². The summed E-state index contributed by atoms with van der Waals surface area (Å²) in [6.45, 7) is 4.12. The summed E-state index contributed by atoms with van der Waals surface area (Å²) in [5.41, 5.74) is 0.518. The van der Waals surface area contributed by atoms with Gasteiger partial charge in [0.25, 0.3) is 5.91 Å². The molecule has 0 atom stereocenters. The number of thiazole rings is 2. The van der Waals surface area contributed by atoms with Crippen molar-refractivity contribution in [3.05, 3.63) is 22.1 Å². The summed E-state index contributed by atoms with van der Waals surface area (Å²) >= 11 is 2.59. The summed E-state index contributed by atoms with van der Waals surface area (Å²) in [4.78, 5) is 42.4. The van der Waals surface area contributed by atoms with Crippen LogP contribution in [0.2, 0.25) is 0 Å². The summed E-state index contributed by atoms with van der Waals surface area (Å²) in [6.07, 6.45) is 1.99. The monoisotopic (exact) mass is 338 g/mol. The van der Waals surface area contributed by atoms with Crippen LogP contribution in [0.25, 0.3) is 0 Å². The van der Waals surface area contributed by atoms with Crippen LogP contribution in [-0.2, 0) is 20.8 Å². The Balaban J connectivity index is 1.91. The van der Waals surface area contributed by atoms with Crippen molar-refractivity contribution in [3.8, 4) is 0 Å². The molecule has 2 aromatic rings. The number of nitrogens with one attached hydrogen (secondary N) is 2. The quantitative estimate of drug-likeness (QED) is 0.620. The van der Waals surface area contributed by atoms with Gasteiger partial charge in [-0.05, 0) is 5.92 Å². The lowest BCUT2D eigenvalue weighted by Gasteiger charge is -2.00. The lowest BCUT2D eigenvalue weighted by atomic mass is 10.2. The molecular weight excluding hydrogens is 324 g/mol. The van der Waals surface area contributed by atoms with E-state index in [1.165, 1.54) is 11.3 Å². The Hall–Kier alpha value is -2.13. The van der Waals surface area contributed by atoms with Gasteiger partial charge in [0.15, 0.2) is 10.3 Å². The van der Waals surface area contributed by atoms with Crippen LogP contribution in [-0.4, -0.2) is 28.1 Å². The molecule has 22 heavy (non-hydrogen) atoms. The second-order valence-electron chi connectivity index (χ2n) is 4.70. The van der Waals surface area contributed by atoms with Crippen LogP contribution >= 0.6 is 22.7 Å². The van der Waals surface area contributed by atoms with E-state index in [0.29, 0.717) is 16.7 Å². The second kappa shape index (κ2) is 7.23. The Morgan fingerprint density at radius 1 is 1.32 bits per heavy atom. The summed E-state index contributed by atoms with van der Waals surface area (Å²) in [7, 11) is 0. The van der Waals surface area contributed by atoms with E-state index in [4.69, 9.17) is 0 Å². The summed E-state index contributed by atoms with van der Waals surface area (Å²) in [5.74, 6) is -0.636. The topological polar surface area (TPSA) is 101 Å². The van der Waals surface area contributed by atoms with Gasteiger partial charge in [-0.2, -0.15) is 0 Å². The summed E-state index contributed by atoms with van der Waals surface area (Å²) in [6, 6.07) is 0. The maximum absolute atomic E-state index is 11.9. The van der Waals surface area contributed by atoms with E-state index < -0.39 is 5.91 Å². The molecule has 9 heteroatoms. The minimum absolute atomic E-state index is 0.0735. The molecule has 0 unspecified atom stereocenters. The lowest BCUT2D eigenvalue weighted by molar-refractivity contribution is -0.127. The number of nitrogens with zero attached hydrogens (tertiary/aromatic N) is 2. The fraction of sp³-hybridized carbons (Fsp3) is 0.308. The molecular formula is C13H14N4O3S2. The Morgan fingerprint density at radius 3 is 2.73 bits per heavy atom. The van der Waals surface area contributed by atoms with E-state index in [1.807, 2.05) is 0 Å². The van der Waals surface area contributed by atoms with Gasteiger partial charge >= 0.3 is 0 Å². The number of hydrogen-bond acceptors (Lipinski definition) is 7. The molecule has 0 saturated carbocycles. The minimum atomic E-state index is -0.769. The minimum Gasteiger partial charge on any atom is -0.302 e. The largest absolute Gasteiger partial charge is 0.302 e. The van der Waals surface area contributed by atoms with Gasteiger partial charge < -0.3 is 5.32 Å². The predicted molar refractivity (Wildman–Crippen MR) is 85.3 cm³/mol. The first-order chi connectivity index (χ1) is 10.5. The highest BCUT2D eigenvalue weighted by atomic mass is 32.1. The molecule has 116 valence electrons. The van der Waals surface area contributed by atoms with Crippen LogP contribution in [0.1, 0.15) is 30.3 Å². The Kier molecular flexibility index (Phi) is 5.34. The van der Waals surface area contributed by atoms with E-state index in [9.17, 15) is 14.4 Å². The van der Waals surface area contributed by atoms with E-state index in [-0.39, 0.29) is 23.7 Å². The number of carbonyl (C=O) groups is 3. The fourth-order valence-electron chi connectivity index (χ4n) is 1.52. The molecule has 7 nitrogen and oxygen atoms in total. The molecule has 2 aromatic heterocycles. The molecule has 0 spiro atoms. The van der Waals surface area contributed by atoms with Crippen molar-refractivity contribution in [3.63, 3.8) is 0 Å². The highest BCUT2D eigenvalue weighted by molar-refractivity contribution is 7.15. The fourth-order valence-corrected chi connectivity index (χ4v) is 3.07. The summed E-state index contributed by atoms with van der Waals surface area (Å²) < 4.78 is 0. The molecule has 0 aromatic carbocycles. The van der Waals surface area contributed by atoms with Crippen molar-refractivity contribution in [2.24, 2.45) is 0 Å². The number of aromatic nitrogens is 2. The van der Waals surface area contributed by atoms with E-state index in [2.05, 4.69) is 34.4 Å². The van der Waals surface area contributed by atoms with E-state index >= 15 is 0 Å². The van der Waals surface area contributed by atoms with Crippen LogP contribution in [0.4, 0.5) is 10.3 Å². The zero-order valence-electron chi connectivity index (χ0n) is 12.0. The first-order valence-corrected chi connectivity index (χ1v) is 8.13. The zero-order chi connectivity index (χ0) is 16.1. The molecule has 0 radical (unpaired) electrons. The van der Waals surface area contributed by atoms with Gasteiger partial charge in [0.2, 0.25) is 12.2 Å². The average Bonchev–Trinajstić information content (AvgIpc) is 3.08. The van der Waals surface area contributed by atoms with Crippen molar-refractivity contribution in [1.82, 2.24) is 9.97 Å². The first-order valence-electron chi connectivity index (χ1n) is 6.44. The molecule has 2 heterocycles. The third kappa shape index (κ3) is 4.43. The van der Waals surface area contributed by atoms with Crippen molar-refractivity contribution in [2.75, 3.05) is 10.6 Å². The van der Waals surface area contributed by atoms with Gasteiger partial charge in [-0.15, -0.1) is 22.7 Å². The molecule has 0 aliphatic heterocycles. The highest BCUT2D eigenvalue weighted by Crippen LogP contribution is 2.25. The van der Waals surface area contributed by atoms with Crippen molar-refractivity contribution in [1.29, 1.82) is 0 Å². The molecule has 2 rings (SSSR count). The number of aldehydes is 1. The third-order valence-electron chi connectivity index (χ3n) is 2.57. The number of rotatable bonds is 6. The molecule has 0 aliphatic rings. The van der Waals surface area contributed by atoms with Gasteiger partial charge in [-0.25, -0.2) is 9.97 Å². The number of amides is 2. The van der Waals surface area contributed by atoms with Crippen molar-refractivity contribution < 1.29 is 14.4 Å². The van der Waals surface area contributed by atoms with Gasteiger partial charge in [-0.1, -0.05) is 13.8 Å². The Morgan fingerprint density at radius 2 is 2.09 bits per heavy atom. The Labute approximate surface area is 134 Å². The molecule has 0 saturated heterocycles. The van der Waals surface area contributed by atoms with Gasteiger partial charge in [0, 0.05) is 16.5 Å². The molecule has 2 amide bonds. The van der Waals surface area contributed by atoms with E-state index in [0.717, 1.165) is 16.2 Å². The van der Waals surface area contributed by atoms with Crippen molar-refractivity contribution in [2.45, 2.75) is 26.2 Å². The van der Waals surface area contributed by atoms with Gasteiger partial charge in [0.05, 0.1) is 12.1 Å². The molecule has 0 aliphatic carbocycles. The lowest BCUT2D eigenvalue weighted by Crippen LogP contribution is -2.15. The van der Waals surface area contributed by atoms with Crippen LogP contribution in [0.15, 0.2) is 11.6 Å². The standard InChI is InChI=1S/C13H14N4O3S2/c1-7(2)9-4-14-12(22-9)16-10(19)3-8-6-21-13(15-8)17-11(20)5-18/h4-7H,3H2,1-2H3,(H,14,16,19)(H,15,17,20). The molecule has 0 fully saturated rings. The normalized spacial score (nSPS) is 10.5. The summed E-state index contributed by atoms with van der Waals surface area (Å²) in [5, 5.41) is 7.52. The SMILES string of the molecule is CC(C)c1cnc(NC(=O)Cc2csc(NC(=O)C=O)n2)s1. The first kappa shape index (κ1) is 16.2. The molecule has 0 bridgehead atoms. The predicted octanol–water partition coefficient (Wildman–Crippen LogP) is 2.04. The van der Waals surface area contributed by atoms with Crippen LogP contribution in [0, 0.1) is 0 Å². The number of carbonyl (C=O) groups excluding carboxylic acids is 3. The second-order valence-corrected chi connectivity index (χ2v) is 6.62. The van der Waals surface area contributed by atoms with Gasteiger partial charge in [-0.3, -0.25) is 19.7 Å².